The number of aromatic nitrogens is 12. The molecular formula is C112H68N12. The van der Waals surface area contributed by atoms with E-state index in [2.05, 4.69) is 392 Å². The molecule has 0 aliphatic rings. The quantitative estimate of drug-likeness (QED) is 0.160. The number of nitrogens with zero attached hydrogens (tertiary/aromatic N) is 12. The molecule has 0 aliphatic heterocycles. The summed E-state index contributed by atoms with van der Waals surface area (Å²) >= 11 is 0. The first-order valence-electron chi connectivity index (χ1n) is 41.8. The highest BCUT2D eigenvalue weighted by Crippen LogP contribution is 2.48. The third-order valence-corrected chi connectivity index (χ3v) is 25.0. The lowest BCUT2D eigenvalue weighted by Crippen LogP contribution is -1.95. The maximum Gasteiger partial charge on any atom is 0.0978 e. The molecule has 0 fully saturated rings. The Kier molecular flexibility index (Phi) is 16.0. The second-order valence-corrected chi connectivity index (χ2v) is 31.5. The summed E-state index contributed by atoms with van der Waals surface area (Å²) in [5, 5.41) is 28.8. The molecule has 8 aromatic heterocycles. The maximum atomic E-state index is 4.83. The van der Waals surface area contributed by atoms with Gasteiger partial charge in [-0.2, -0.15) is 0 Å². The molecule has 0 atom stereocenters. The van der Waals surface area contributed by atoms with Gasteiger partial charge in [0.05, 0.1) is 88.3 Å². The Morgan fingerprint density at radius 1 is 0.129 bits per heavy atom. The van der Waals surface area contributed by atoms with Gasteiger partial charge in [0.1, 0.15) is 0 Å². The molecule has 8 heterocycles. The average Bonchev–Trinajstić information content (AvgIpc) is 1.55. The molecule has 12 nitrogen and oxygen atoms in total. The Balaban J connectivity index is 0.0000000906. The molecular weight excluding hydrogens is 1510 g/mol. The van der Waals surface area contributed by atoms with Crippen LogP contribution in [0.5, 0.6) is 0 Å². The van der Waals surface area contributed by atoms with Crippen LogP contribution in [-0.2, 0) is 0 Å². The van der Waals surface area contributed by atoms with E-state index in [-0.39, 0.29) is 0 Å². The van der Waals surface area contributed by atoms with Crippen molar-refractivity contribution in [1.29, 1.82) is 0 Å². The predicted molar refractivity (Wildman–Crippen MR) is 516 cm³/mol. The number of para-hydroxylation sites is 8. The fourth-order valence-corrected chi connectivity index (χ4v) is 20.0. The van der Waals surface area contributed by atoms with Crippen molar-refractivity contribution in [3.05, 3.63) is 414 Å². The average molecular weight is 1580 g/mol. The number of benzene rings is 20. The number of rotatable bonds is 4. The van der Waals surface area contributed by atoms with Gasteiger partial charge in [-0.3, -0.25) is 39.9 Å². The summed E-state index contributed by atoms with van der Waals surface area (Å²) < 4.78 is 9.46. The van der Waals surface area contributed by atoms with E-state index in [0.717, 1.165) is 105 Å². The van der Waals surface area contributed by atoms with E-state index in [1.165, 1.54) is 136 Å². The van der Waals surface area contributed by atoms with Crippen LogP contribution in [0.3, 0.4) is 0 Å². The predicted octanol–water partition coefficient (Wildman–Crippen LogP) is 28.1. The second-order valence-electron chi connectivity index (χ2n) is 31.5. The van der Waals surface area contributed by atoms with Gasteiger partial charge in [-0.1, -0.05) is 261 Å². The molecule has 0 saturated carbocycles. The summed E-state index contributed by atoms with van der Waals surface area (Å²) in [6.07, 6.45) is 14.3. The van der Waals surface area contributed by atoms with Crippen LogP contribution < -0.4 is 0 Å². The molecule has 124 heavy (non-hydrogen) atoms. The molecule has 28 rings (SSSR count). The summed E-state index contributed by atoms with van der Waals surface area (Å²) in [4.78, 5) is 37.9. The van der Waals surface area contributed by atoms with Crippen molar-refractivity contribution in [2.75, 3.05) is 0 Å². The number of hydrogen-bond donors (Lipinski definition) is 0. The fraction of sp³-hybridized carbons (Fsp3) is 0. The molecule has 0 radical (unpaired) electrons. The molecule has 0 saturated heterocycles. The Hall–Kier alpha value is -17.0. The first kappa shape index (κ1) is 70.1. The summed E-state index contributed by atoms with van der Waals surface area (Å²) in [5.74, 6) is 0. The molecule has 0 N–H and O–H groups in total. The van der Waals surface area contributed by atoms with Crippen LogP contribution in [0, 0.1) is 0 Å². The maximum absolute atomic E-state index is 4.83. The number of hydrogen-bond acceptors (Lipinski definition) is 8. The van der Waals surface area contributed by atoms with Crippen molar-refractivity contribution >= 4 is 218 Å². The molecule has 0 bridgehead atoms. The van der Waals surface area contributed by atoms with Gasteiger partial charge in [0, 0.05) is 169 Å². The summed E-state index contributed by atoms with van der Waals surface area (Å²) in [7, 11) is 0. The number of fused-ring (bicyclic) bond motifs is 39. The summed E-state index contributed by atoms with van der Waals surface area (Å²) in [6, 6.07) is 129. The lowest BCUT2D eigenvalue weighted by Gasteiger charge is -2.13. The molecule has 576 valence electrons. The van der Waals surface area contributed by atoms with Crippen LogP contribution in [0.15, 0.2) is 414 Å². The normalized spacial score (nSPS) is 11.9. The van der Waals surface area contributed by atoms with Crippen LogP contribution in [0.4, 0.5) is 0 Å². The lowest BCUT2D eigenvalue weighted by molar-refractivity contribution is 1.18. The highest BCUT2D eigenvalue weighted by molar-refractivity contribution is 6.37. The van der Waals surface area contributed by atoms with Gasteiger partial charge in [-0.05, 0) is 135 Å². The van der Waals surface area contributed by atoms with Crippen molar-refractivity contribution in [3.63, 3.8) is 0 Å². The van der Waals surface area contributed by atoms with E-state index in [1.807, 2.05) is 0 Å². The lowest BCUT2D eigenvalue weighted by atomic mass is 9.95. The van der Waals surface area contributed by atoms with Crippen LogP contribution in [-0.4, -0.2) is 58.1 Å². The highest BCUT2D eigenvalue weighted by Gasteiger charge is 2.25. The Bertz CT molecular complexity index is 8700. The van der Waals surface area contributed by atoms with Crippen molar-refractivity contribution in [3.8, 4) is 22.7 Å². The molecule has 0 amide bonds. The van der Waals surface area contributed by atoms with Gasteiger partial charge >= 0.3 is 0 Å². The zero-order valence-corrected chi connectivity index (χ0v) is 66.6. The van der Waals surface area contributed by atoms with E-state index < -0.39 is 0 Å². The zero-order chi connectivity index (χ0) is 81.5. The van der Waals surface area contributed by atoms with Gasteiger partial charge in [0.25, 0.3) is 0 Å². The molecule has 28 aromatic rings. The van der Waals surface area contributed by atoms with E-state index in [0.29, 0.717) is 0 Å². The van der Waals surface area contributed by atoms with E-state index in [9.17, 15) is 0 Å². The van der Waals surface area contributed by atoms with Crippen LogP contribution >= 0.6 is 0 Å². The van der Waals surface area contributed by atoms with E-state index in [4.69, 9.17) is 29.9 Å². The van der Waals surface area contributed by atoms with Gasteiger partial charge in [-0.25, -0.2) is 0 Å². The minimum Gasteiger partial charge on any atom is -0.309 e. The van der Waals surface area contributed by atoms with Crippen LogP contribution in [0.2, 0.25) is 0 Å². The zero-order valence-electron chi connectivity index (χ0n) is 66.6. The fourth-order valence-electron chi connectivity index (χ4n) is 20.0. The SMILES string of the molecule is c1ccc(-n2c3ccccc3c3c4c(ccc32)c2ccccc2c2nccnc24)cc1.c1ccc(-n2c3ccccc3c3c4c5ccccc5c5nccnc5c4ccc32)cc1.c1ccc(-n2c3ccccc3c3cc4c(cc32)c2ccccc2c2nccnc42)cc1.c1ccc(-n2c3ccccc3c3ccc4c5nccnc5c5ccccc5c4c32)cc1. The van der Waals surface area contributed by atoms with Crippen LogP contribution in [0.25, 0.3) is 240 Å². The molecule has 20 aromatic carbocycles. The minimum absolute atomic E-state index is 0.947. The van der Waals surface area contributed by atoms with Crippen molar-refractivity contribution < 1.29 is 0 Å². The molecule has 0 unspecified atom stereocenters. The molecule has 0 aliphatic carbocycles. The second kappa shape index (κ2) is 28.4. The van der Waals surface area contributed by atoms with Crippen LogP contribution in [0.1, 0.15) is 0 Å². The van der Waals surface area contributed by atoms with Gasteiger partial charge in [-0.15, -0.1) is 0 Å². The smallest absolute Gasteiger partial charge is 0.0978 e. The first-order chi connectivity index (χ1) is 61.6. The topological polar surface area (TPSA) is 123 Å². The first-order valence-corrected chi connectivity index (χ1v) is 41.8. The Morgan fingerprint density at radius 3 is 0.871 bits per heavy atom. The standard InChI is InChI=1S/4C28H17N3/c1-2-8-18(9-3-1)31-24-13-7-6-10-19(24)22-14-15-23-25(28(22)31)20-11-4-5-12-21(20)26-27(23)30-17-16-29-26;1-2-8-18(9-3-1)31-25-13-7-6-11-20(25)23-16-24-22(17-26(23)31)19-10-4-5-12-21(19)27-28(24)30-15-14-29-27;1-2-8-18(9-3-1)31-23-13-7-6-12-22(23)25-24(31)15-14-20-19-10-4-5-11-21(19)27-28(26(20)25)30-17-16-29-27;1-2-8-18(9-3-1)31-23-13-7-6-12-21(23)26-24(31)15-14-22-25(26)19-10-4-5-11-20(19)27-28(22)30-17-16-29-27/h4*1-17H. The Morgan fingerprint density at radius 2 is 0.403 bits per heavy atom. The third-order valence-electron chi connectivity index (χ3n) is 25.0. The van der Waals surface area contributed by atoms with Gasteiger partial charge < -0.3 is 18.3 Å². The Labute approximate surface area is 707 Å². The van der Waals surface area contributed by atoms with Crippen molar-refractivity contribution in [2.24, 2.45) is 0 Å². The molecule has 0 spiro atoms. The molecule has 12 heteroatoms. The van der Waals surface area contributed by atoms with Crippen molar-refractivity contribution in [2.45, 2.75) is 0 Å². The van der Waals surface area contributed by atoms with Crippen molar-refractivity contribution in [1.82, 2.24) is 58.1 Å². The van der Waals surface area contributed by atoms with Gasteiger partial charge in [0.2, 0.25) is 0 Å². The minimum atomic E-state index is 0.947. The van der Waals surface area contributed by atoms with Gasteiger partial charge in [0.15, 0.2) is 0 Å². The third kappa shape index (κ3) is 10.7. The van der Waals surface area contributed by atoms with E-state index >= 15 is 0 Å². The summed E-state index contributed by atoms with van der Waals surface area (Å²) in [5.41, 5.74) is 21.9. The highest BCUT2D eigenvalue weighted by atomic mass is 15.0. The summed E-state index contributed by atoms with van der Waals surface area (Å²) in [6.45, 7) is 0. The largest absolute Gasteiger partial charge is 0.309 e. The monoisotopic (exact) mass is 1580 g/mol. The van der Waals surface area contributed by atoms with E-state index in [1.54, 1.807) is 49.6 Å².